The van der Waals surface area contributed by atoms with Crippen LogP contribution in [0, 0.1) is 5.92 Å². The smallest absolute Gasteiger partial charge is 0.242 e. The molecule has 0 saturated heterocycles. The van der Waals surface area contributed by atoms with Gasteiger partial charge in [0.05, 0.1) is 6.42 Å². The fraction of sp³-hybridized carbons (Fsp3) is 0.500. The van der Waals surface area contributed by atoms with Crippen LogP contribution in [0.1, 0.15) is 40.2 Å². The van der Waals surface area contributed by atoms with E-state index in [1.54, 1.807) is 0 Å². The van der Waals surface area contributed by atoms with Crippen molar-refractivity contribution in [3.63, 3.8) is 0 Å². The van der Waals surface area contributed by atoms with Gasteiger partial charge in [-0.15, -0.1) is 0 Å². The molecule has 2 rings (SSSR count). The Labute approximate surface area is 174 Å². The maximum Gasteiger partial charge on any atom is 0.242 e. The highest BCUT2D eigenvalue weighted by Crippen LogP contribution is 2.16. The van der Waals surface area contributed by atoms with Crippen molar-refractivity contribution in [2.75, 3.05) is 19.6 Å². The predicted octanol–water partition coefficient (Wildman–Crippen LogP) is 3.37. The summed E-state index contributed by atoms with van der Waals surface area (Å²) in [6.07, 6.45) is 0.262. The van der Waals surface area contributed by atoms with E-state index >= 15 is 0 Å². The number of benzene rings is 2. The first-order chi connectivity index (χ1) is 13.8. The molecule has 0 aliphatic carbocycles. The van der Waals surface area contributed by atoms with Crippen LogP contribution in [0.25, 0.3) is 10.8 Å². The number of fused-ring (bicyclic) bond motifs is 1. The van der Waals surface area contributed by atoms with Crippen molar-refractivity contribution in [2.24, 2.45) is 5.92 Å². The number of carbonyl (C=O) groups is 2. The van der Waals surface area contributed by atoms with Crippen molar-refractivity contribution >= 4 is 22.6 Å². The molecule has 0 heterocycles. The quantitative estimate of drug-likeness (QED) is 0.646. The van der Waals surface area contributed by atoms with E-state index in [9.17, 15) is 9.59 Å². The fourth-order valence-electron chi connectivity index (χ4n) is 3.51. The molecule has 158 valence electrons. The number of carbonyl (C=O) groups excluding carboxylic acids is 2. The zero-order valence-corrected chi connectivity index (χ0v) is 18.4. The van der Waals surface area contributed by atoms with E-state index in [0.29, 0.717) is 12.6 Å². The van der Waals surface area contributed by atoms with Crippen LogP contribution >= 0.6 is 0 Å². The summed E-state index contributed by atoms with van der Waals surface area (Å²) in [5, 5.41) is 8.17. The zero-order chi connectivity index (χ0) is 21.4. The highest BCUT2D eigenvalue weighted by atomic mass is 16.2. The van der Waals surface area contributed by atoms with Crippen LogP contribution in [0.5, 0.6) is 0 Å². The summed E-state index contributed by atoms with van der Waals surface area (Å²) in [4.78, 5) is 27.5. The number of amides is 2. The maximum atomic E-state index is 12.6. The summed E-state index contributed by atoms with van der Waals surface area (Å²) >= 11 is 0. The Morgan fingerprint density at radius 2 is 1.69 bits per heavy atom. The monoisotopic (exact) mass is 397 g/mol. The first-order valence-corrected chi connectivity index (χ1v) is 10.6. The van der Waals surface area contributed by atoms with E-state index in [0.717, 1.165) is 29.4 Å². The van der Waals surface area contributed by atoms with Crippen LogP contribution in [-0.4, -0.2) is 48.4 Å². The molecule has 29 heavy (non-hydrogen) atoms. The molecule has 2 aromatic rings. The van der Waals surface area contributed by atoms with Crippen molar-refractivity contribution in [3.8, 4) is 0 Å². The van der Waals surface area contributed by atoms with E-state index in [2.05, 4.69) is 42.4 Å². The molecular formula is C24H35N3O2. The van der Waals surface area contributed by atoms with Gasteiger partial charge in [0.25, 0.3) is 0 Å². The third-order valence-corrected chi connectivity index (χ3v) is 5.28. The highest BCUT2D eigenvalue weighted by Gasteiger charge is 2.24. The molecule has 0 fully saturated rings. The van der Waals surface area contributed by atoms with Gasteiger partial charge in [0.15, 0.2) is 0 Å². The molecule has 0 aliphatic heterocycles. The minimum absolute atomic E-state index is 0.0166. The highest BCUT2D eigenvalue weighted by molar-refractivity contribution is 5.89. The van der Waals surface area contributed by atoms with Gasteiger partial charge in [0.1, 0.15) is 6.04 Å². The van der Waals surface area contributed by atoms with Crippen molar-refractivity contribution < 1.29 is 9.59 Å². The van der Waals surface area contributed by atoms with Gasteiger partial charge in [-0.05, 0) is 42.6 Å². The average molecular weight is 398 g/mol. The van der Waals surface area contributed by atoms with Crippen LogP contribution in [0.3, 0.4) is 0 Å². The summed E-state index contributed by atoms with van der Waals surface area (Å²) < 4.78 is 0. The molecular weight excluding hydrogens is 362 g/mol. The molecule has 2 N–H and O–H groups in total. The van der Waals surface area contributed by atoms with Crippen LogP contribution in [-0.2, 0) is 16.0 Å². The SMILES string of the molecule is CCN(CCNC(=O)C(NC(=O)Cc1ccc2ccccc2c1)C(C)C)C(C)C. The van der Waals surface area contributed by atoms with Crippen LogP contribution in [0.2, 0.25) is 0 Å². The molecule has 0 spiro atoms. The summed E-state index contributed by atoms with van der Waals surface area (Å²) in [5.41, 5.74) is 0.944. The number of rotatable bonds is 10. The topological polar surface area (TPSA) is 61.4 Å². The van der Waals surface area contributed by atoms with Gasteiger partial charge < -0.3 is 10.6 Å². The minimum Gasteiger partial charge on any atom is -0.353 e. The molecule has 0 bridgehead atoms. The van der Waals surface area contributed by atoms with Crippen LogP contribution in [0.15, 0.2) is 42.5 Å². The number of hydrogen-bond acceptors (Lipinski definition) is 3. The first kappa shape index (κ1) is 22.9. The molecule has 0 aromatic heterocycles. The van der Waals surface area contributed by atoms with E-state index in [4.69, 9.17) is 0 Å². The lowest BCUT2D eigenvalue weighted by atomic mass is 10.0. The minimum atomic E-state index is -0.530. The number of nitrogens with one attached hydrogen (secondary N) is 2. The third-order valence-electron chi connectivity index (χ3n) is 5.28. The lowest BCUT2D eigenvalue weighted by Crippen LogP contribution is -2.51. The molecule has 0 aliphatic rings. The van der Waals surface area contributed by atoms with Crippen molar-refractivity contribution in [3.05, 3.63) is 48.0 Å². The van der Waals surface area contributed by atoms with Crippen LogP contribution in [0.4, 0.5) is 0 Å². The van der Waals surface area contributed by atoms with Crippen molar-refractivity contribution in [1.82, 2.24) is 15.5 Å². The second kappa shape index (κ2) is 11.0. The van der Waals surface area contributed by atoms with Gasteiger partial charge in [0, 0.05) is 19.1 Å². The normalized spacial score (nSPS) is 12.6. The Morgan fingerprint density at radius 3 is 2.31 bits per heavy atom. The van der Waals surface area contributed by atoms with Gasteiger partial charge in [-0.2, -0.15) is 0 Å². The van der Waals surface area contributed by atoms with Crippen molar-refractivity contribution in [2.45, 2.75) is 53.1 Å². The molecule has 1 atom stereocenters. The molecule has 1 unspecified atom stereocenters. The average Bonchev–Trinajstić information content (AvgIpc) is 2.68. The predicted molar refractivity (Wildman–Crippen MR) is 120 cm³/mol. The Balaban J connectivity index is 1.92. The summed E-state index contributed by atoms with van der Waals surface area (Å²) in [6, 6.07) is 14.0. The molecule has 5 heteroatoms. The Bertz CT molecular complexity index is 817. The zero-order valence-electron chi connectivity index (χ0n) is 18.4. The van der Waals surface area contributed by atoms with Gasteiger partial charge in [-0.1, -0.05) is 63.2 Å². The standard InChI is InChI=1S/C24H35N3O2/c1-6-27(18(4)5)14-13-25-24(29)23(17(2)3)26-22(28)16-19-11-12-20-9-7-8-10-21(20)15-19/h7-12,15,17-18,23H,6,13-14,16H2,1-5H3,(H,25,29)(H,26,28). The van der Waals surface area contributed by atoms with Gasteiger partial charge in [-0.3, -0.25) is 14.5 Å². The molecule has 5 nitrogen and oxygen atoms in total. The number of nitrogens with zero attached hydrogens (tertiary/aromatic N) is 1. The Morgan fingerprint density at radius 1 is 1.00 bits per heavy atom. The van der Waals surface area contributed by atoms with E-state index < -0.39 is 6.04 Å². The van der Waals surface area contributed by atoms with Gasteiger partial charge >= 0.3 is 0 Å². The second-order valence-corrected chi connectivity index (χ2v) is 8.16. The summed E-state index contributed by atoms with van der Waals surface area (Å²) in [5.74, 6) is -0.235. The first-order valence-electron chi connectivity index (χ1n) is 10.6. The number of likely N-dealkylation sites (N-methyl/N-ethyl adjacent to an activating group) is 1. The number of hydrogen-bond donors (Lipinski definition) is 2. The van der Waals surface area contributed by atoms with Crippen molar-refractivity contribution in [1.29, 1.82) is 0 Å². The molecule has 2 aromatic carbocycles. The molecule has 0 radical (unpaired) electrons. The lowest BCUT2D eigenvalue weighted by Gasteiger charge is -2.26. The summed E-state index contributed by atoms with van der Waals surface area (Å²) in [6.45, 7) is 12.6. The Hall–Kier alpha value is -2.40. The maximum absolute atomic E-state index is 12.6. The van der Waals surface area contributed by atoms with Crippen LogP contribution < -0.4 is 10.6 Å². The van der Waals surface area contributed by atoms with E-state index in [1.165, 1.54) is 0 Å². The molecule has 0 saturated carbocycles. The largest absolute Gasteiger partial charge is 0.353 e. The Kier molecular flexibility index (Phi) is 8.65. The van der Waals surface area contributed by atoms with Gasteiger partial charge in [-0.25, -0.2) is 0 Å². The fourth-order valence-corrected chi connectivity index (χ4v) is 3.51. The third kappa shape index (κ3) is 6.86. The van der Waals surface area contributed by atoms with E-state index in [-0.39, 0.29) is 24.2 Å². The lowest BCUT2D eigenvalue weighted by molar-refractivity contribution is -0.129. The summed E-state index contributed by atoms with van der Waals surface area (Å²) in [7, 11) is 0. The van der Waals surface area contributed by atoms with E-state index in [1.807, 2.05) is 50.2 Å². The molecule has 2 amide bonds. The second-order valence-electron chi connectivity index (χ2n) is 8.16. The van der Waals surface area contributed by atoms with Gasteiger partial charge in [0.2, 0.25) is 11.8 Å².